The number of rotatable bonds is 6. The van der Waals surface area contributed by atoms with Crippen molar-refractivity contribution >= 4 is 17.3 Å². The molecule has 0 unspecified atom stereocenters. The van der Waals surface area contributed by atoms with E-state index in [9.17, 15) is 4.39 Å². The number of halogens is 1. The molecule has 0 aliphatic rings. The molecule has 3 rings (SSSR count). The van der Waals surface area contributed by atoms with Crippen molar-refractivity contribution in [3.8, 4) is 11.3 Å². The first kappa shape index (κ1) is 18.1. The smallest absolute Gasteiger partial charge is 0.191 e. The van der Waals surface area contributed by atoms with E-state index in [0.717, 1.165) is 28.4 Å². The van der Waals surface area contributed by atoms with E-state index < -0.39 is 0 Å². The molecule has 0 bridgehead atoms. The second kappa shape index (κ2) is 9.10. The van der Waals surface area contributed by atoms with Crippen molar-refractivity contribution in [2.24, 2.45) is 4.99 Å². The van der Waals surface area contributed by atoms with Crippen LogP contribution in [-0.2, 0) is 13.1 Å². The minimum atomic E-state index is -0.235. The molecule has 1 aromatic heterocycles. The van der Waals surface area contributed by atoms with E-state index in [1.807, 2.05) is 25.1 Å². The van der Waals surface area contributed by atoms with Gasteiger partial charge in [0.15, 0.2) is 5.96 Å². The average Bonchev–Trinajstić information content (AvgIpc) is 3.15. The molecule has 0 aliphatic heterocycles. The van der Waals surface area contributed by atoms with Crippen molar-refractivity contribution in [2.45, 2.75) is 20.0 Å². The fraction of sp³-hybridized carbons (Fsp3) is 0.200. The van der Waals surface area contributed by atoms with Crippen LogP contribution in [0, 0.1) is 5.82 Å². The van der Waals surface area contributed by atoms with E-state index in [2.05, 4.69) is 38.1 Å². The van der Waals surface area contributed by atoms with Crippen LogP contribution >= 0.6 is 11.3 Å². The Balaban J connectivity index is 1.61. The Labute approximate surface area is 156 Å². The molecule has 4 nitrogen and oxygen atoms in total. The number of thiazole rings is 1. The Morgan fingerprint density at radius 2 is 1.85 bits per heavy atom. The van der Waals surface area contributed by atoms with Crippen LogP contribution in [-0.4, -0.2) is 17.5 Å². The van der Waals surface area contributed by atoms with Crippen LogP contribution in [0.25, 0.3) is 11.3 Å². The van der Waals surface area contributed by atoms with Crippen LogP contribution in [0.15, 0.2) is 65.0 Å². The first-order valence-corrected chi connectivity index (χ1v) is 9.39. The van der Waals surface area contributed by atoms with Crippen molar-refractivity contribution in [3.63, 3.8) is 0 Å². The summed E-state index contributed by atoms with van der Waals surface area (Å²) >= 11 is 1.62. The van der Waals surface area contributed by atoms with Crippen LogP contribution in [0.5, 0.6) is 0 Å². The van der Waals surface area contributed by atoms with Crippen molar-refractivity contribution in [1.29, 1.82) is 0 Å². The summed E-state index contributed by atoms with van der Waals surface area (Å²) in [6, 6.07) is 16.5. The molecule has 0 spiro atoms. The number of aliphatic imine (C=N–C) groups is 1. The van der Waals surface area contributed by atoms with Crippen molar-refractivity contribution < 1.29 is 4.39 Å². The summed E-state index contributed by atoms with van der Waals surface area (Å²) in [5.41, 5.74) is 3.07. The molecule has 0 saturated carbocycles. The van der Waals surface area contributed by atoms with Gasteiger partial charge in [-0.15, -0.1) is 11.3 Å². The van der Waals surface area contributed by atoms with E-state index in [4.69, 9.17) is 0 Å². The molecule has 0 fully saturated rings. The zero-order chi connectivity index (χ0) is 18.2. The molecule has 6 heteroatoms. The monoisotopic (exact) mass is 368 g/mol. The van der Waals surface area contributed by atoms with Gasteiger partial charge in [0.1, 0.15) is 10.8 Å². The standard InChI is InChI=1S/C20H21FN4S/c1-2-22-20(23-12-15-8-10-17(21)11-9-15)24-13-19-25-18(14-26-19)16-6-4-3-5-7-16/h3-11,14H,2,12-13H2,1H3,(H2,22,23,24). The number of nitrogens with one attached hydrogen (secondary N) is 2. The number of benzene rings is 2. The molecule has 2 aromatic carbocycles. The van der Waals surface area contributed by atoms with Crippen LogP contribution in [0.3, 0.4) is 0 Å². The topological polar surface area (TPSA) is 49.3 Å². The lowest BCUT2D eigenvalue weighted by molar-refractivity contribution is 0.627. The van der Waals surface area contributed by atoms with Crippen LogP contribution < -0.4 is 10.6 Å². The van der Waals surface area contributed by atoms with Crippen molar-refractivity contribution in [1.82, 2.24) is 15.6 Å². The van der Waals surface area contributed by atoms with E-state index in [0.29, 0.717) is 19.0 Å². The SMILES string of the molecule is CCNC(=NCc1ccc(F)cc1)NCc1nc(-c2ccccc2)cs1. The third-order valence-corrected chi connectivity index (χ3v) is 4.55. The third-order valence-electron chi connectivity index (χ3n) is 3.71. The van der Waals surface area contributed by atoms with Gasteiger partial charge < -0.3 is 10.6 Å². The first-order chi connectivity index (χ1) is 12.7. The lowest BCUT2D eigenvalue weighted by Gasteiger charge is -2.10. The van der Waals surface area contributed by atoms with Gasteiger partial charge in [-0.25, -0.2) is 14.4 Å². The van der Waals surface area contributed by atoms with Gasteiger partial charge in [-0.05, 0) is 24.6 Å². The molecule has 134 valence electrons. The Bertz CT molecular complexity index is 844. The highest BCUT2D eigenvalue weighted by molar-refractivity contribution is 7.09. The lowest BCUT2D eigenvalue weighted by atomic mass is 10.2. The van der Waals surface area contributed by atoms with E-state index in [1.54, 1.807) is 23.5 Å². The molecule has 0 aliphatic carbocycles. The summed E-state index contributed by atoms with van der Waals surface area (Å²) in [5.74, 6) is 0.481. The van der Waals surface area contributed by atoms with Gasteiger partial charge in [0.05, 0.1) is 18.8 Å². The number of hydrogen-bond acceptors (Lipinski definition) is 3. The highest BCUT2D eigenvalue weighted by Crippen LogP contribution is 2.21. The maximum absolute atomic E-state index is 13.0. The minimum absolute atomic E-state index is 0.235. The molecular formula is C20H21FN4S. The molecule has 3 aromatic rings. The van der Waals surface area contributed by atoms with E-state index in [1.165, 1.54) is 12.1 Å². The maximum atomic E-state index is 13.0. The number of guanidine groups is 1. The number of aromatic nitrogens is 1. The van der Waals surface area contributed by atoms with Gasteiger partial charge in [0, 0.05) is 17.5 Å². The molecule has 0 saturated heterocycles. The predicted molar refractivity (Wildman–Crippen MR) is 106 cm³/mol. The predicted octanol–water partition coefficient (Wildman–Crippen LogP) is 4.20. The van der Waals surface area contributed by atoms with Gasteiger partial charge in [-0.1, -0.05) is 42.5 Å². The summed E-state index contributed by atoms with van der Waals surface area (Å²) in [6.07, 6.45) is 0. The highest BCUT2D eigenvalue weighted by atomic mass is 32.1. The van der Waals surface area contributed by atoms with Gasteiger partial charge in [-0.2, -0.15) is 0 Å². The second-order valence-electron chi connectivity index (χ2n) is 5.67. The van der Waals surface area contributed by atoms with Crippen molar-refractivity contribution in [2.75, 3.05) is 6.54 Å². The Morgan fingerprint density at radius 1 is 1.08 bits per heavy atom. The zero-order valence-corrected chi connectivity index (χ0v) is 15.4. The summed E-state index contributed by atoms with van der Waals surface area (Å²) in [7, 11) is 0. The van der Waals surface area contributed by atoms with Crippen LogP contribution in [0.1, 0.15) is 17.5 Å². The summed E-state index contributed by atoms with van der Waals surface area (Å²) < 4.78 is 13.0. The van der Waals surface area contributed by atoms with Crippen LogP contribution in [0.2, 0.25) is 0 Å². The molecule has 0 amide bonds. The molecule has 1 heterocycles. The Hall–Kier alpha value is -2.73. The van der Waals surface area contributed by atoms with Gasteiger partial charge >= 0.3 is 0 Å². The summed E-state index contributed by atoms with van der Waals surface area (Å²) in [4.78, 5) is 9.21. The van der Waals surface area contributed by atoms with Crippen molar-refractivity contribution in [3.05, 3.63) is 76.4 Å². The number of hydrogen-bond donors (Lipinski definition) is 2. The van der Waals surface area contributed by atoms with E-state index >= 15 is 0 Å². The summed E-state index contributed by atoms with van der Waals surface area (Å²) in [6.45, 7) is 3.88. The van der Waals surface area contributed by atoms with Crippen LogP contribution in [0.4, 0.5) is 4.39 Å². The Morgan fingerprint density at radius 3 is 2.58 bits per heavy atom. The minimum Gasteiger partial charge on any atom is -0.357 e. The third kappa shape index (κ3) is 5.13. The van der Waals surface area contributed by atoms with Gasteiger partial charge in [0.2, 0.25) is 0 Å². The fourth-order valence-corrected chi connectivity index (χ4v) is 3.14. The normalized spacial score (nSPS) is 11.4. The van der Waals surface area contributed by atoms with Gasteiger partial charge in [0.25, 0.3) is 0 Å². The van der Waals surface area contributed by atoms with E-state index in [-0.39, 0.29) is 5.82 Å². The highest BCUT2D eigenvalue weighted by Gasteiger charge is 2.05. The average molecular weight is 368 g/mol. The van der Waals surface area contributed by atoms with Gasteiger partial charge in [-0.3, -0.25) is 0 Å². The first-order valence-electron chi connectivity index (χ1n) is 8.51. The molecule has 0 radical (unpaired) electrons. The molecule has 2 N–H and O–H groups in total. The summed E-state index contributed by atoms with van der Waals surface area (Å²) in [5, 5.41) is 9.57. The number of nitrogens with zero attached hydrogens (tertiary/aromatic N) is 2. The lowest BCUT2D eigenvalue weighted by Crippen LogP contribution is -2.36. The molecule has 26 heavy (non-hydrogen) atoms. The molecular weight excluding hydrogens is 347 g/mol. The fourth-order valence-electron chi connectivity index (χ4n) is 2.39. The molecule has 0 atom stereocenters. The maximum Gasteiger partial charge on any atom is 0.191 e. The largest absolute Gasteiger partial charge is 0.357 e. The second-order valence-corrected chi connectivity index (χ2v) is 6.61. The zero-order valence-electron chi connectivity index (χ0n) is 14.6. The Kier molecular flexibility index (Phi) is 6.33. The quantitative estimate of drug-likeness (QED) is 0.506.